The van der Waals surface area contributed by atoms with Crippen molar-refractivity contribution in [1.29, 1.82) is 0 Å². The second-order valence-corrected chi connectivity index (χ2v) is 3.34. The predicted molar refractivity (Wildman–Crippen MR) is 42.4 cm³/mol. The third-order valence-corrected chi connectivity index (χ3v) is 2.66. The van der Waals surface area contributed by atoms with Crippen molar-refractivity contribution in [3.63, 3.8) is 0 Å². The van der Waals surface area contributed by atoms with Crippen molar-refractivity contribution in [2.75, 3.05) is 19.3 Å². The monoisotopic (exact) mass is 160 g/mol. The van der Waals surface area contributed by atoms with Gasteiger partial charge in [-0.05, 0) is 12.7 Å². The third kappa shape index (κ3) is 1.64. The number of carbonyl (C=O) groups excluding carboxylic acids is 1. The van der Waals surface area contributed by atoms with Gasteiger partial charge in [-0.1, -0.05) is 11.9 Å². The van der Waals surface area contributed by atoms with Crippen molar-refractivity contribution in [2.24, 2.45) is 11.7 Å². The van der Waals surface area contributed by atoms with Gasteiger partial charge in [0.05, 0.1) is 5.92 Å². The highest BCUT2D eigenvalue weighted by Crippen LogP contribution is 2.20. The molecule has 0 saturated carbocycles. The lowest BCUT2D eigenvalue weighted by Crippen LogP contribution is -2.24. The topological polar surface area (TPSA) is 46.3 Å². The molecule has 0 aromatic heterocycles. The van der Waals surface area contributed by atoms with Gasteiger partial charge in [0.1, 0.15) is 0 Å². The van der Waals surface area contributed by atoms with Crippen LogP contribution in [0.1, 0.15) is 6.42 Å². The van der Waals surface area contributed by atoms with Gasteiger partial charge in [-0.25, -0.2) is 0 Å². The minimum Gasteiger partial charge on any atom is -0.369 e. The van der Waals surface area contributed by atoms with Crippen molar-refractivity contribution in [3.05, 3.63) is 0 Å². The van der Waals surface area contributed by atoms with Gasteiger partial charge < -0.3 is 5.73 Å². The van der Waals surface area contributed by atoms with E-state index in [1.165, 1.54) is 0 Å². The summed E-state index contributed by atoms with van der Waals surface area (Å²) >= 11 is 1.68. The number of nitrogens with zero attached hydrogens (tertiary/aromatic N) is 1. The molecule has 0 radical (unpaired) electrons. The van der Waals surface area contributed by atoms with Crippen LogP contribution < -0.4 is 5.73 Å². The van der Waals surface area contributed by atoms with Crippen LogP contribution in [0.4, 0.5) is 0 Å². The SMILES string of the molecule is CSN1CCC(C(N)=O)C1. The molecular formula is C6H12N2OS. The van der Waals surface area contributed by atoms with Crippen LogP contribution in [0.25, 0.3) is 0 Å². The molecule has 1 fully saturated rings. The van der Waals surface area contributed by atoms with E-state index >= 15 is 0 Å². The first-order valence-corrected chi connectivity index (χ1v) is 4.50. The normalized spacial score (nSPS) is 27.1. The Morgan fingerprint density at radius 2 is 2.50 bits per heavy atom. The van der Waals surface area contributed by atoms with E-state index in [-0.39, 0.29) is 11.8 Å². The van der Waals surface area contributed by atoms with Crippen LogP contribution >= 0.6 is 11.9 Å². The molecule has 10 heavy (non-hydrogen) atoms. The summed E-state index contributed by atoms with van der Waals surface area (Å²) in [7, 11) is 0. The van der Waals surface area contributed by atoms with Gasteiger partial charge in [0.25, 0.3) is 0 Å². The number of hydrogen-bond acceptors (Lipinski definition) is 3. The van der Waals surface area contributed by atoms with E-state index in [1.807, 2.05) is 6.26 Å². The average molecular weight is 160 g/mol. The molecule has 1 saturated heterocycles. The minimum absolute atomic E-state index is 0.0902. The van der Waals surface area contributed by atoms with Gasteiger partial charge in [0, 0.05) is 13.1 Å². The molecule has 0 aliphatic carbocycles. The molecule has 3 nitrogen and oxygen atoms in total. The fourth-order valence-corrected chi connectivity index (χ4v) is 1.74. The Kier molecular flexibility index (Phi) is 2.56. The molecule has 1 heterocycles. The highest BCUT2D eigenvalue weighted by atomic mass is 32.2. The average Bonchev–Trinajstić information content (AvgIpc) is 2.34. The van der Waals surface area contributed by atoms with Crippen LogP contribution in [0.2, 0.25) is 0 Å². The Balaban J connectivity index is 2.35. The Hall–Kier alpha value is -0.220. The summed E-state index contributed by atoms with van der Waals surface area (Å²) in [4.78, 5) is 10.6. The van der Waals surface area contributed by atoms with Gasteiger partial charge >= 0.3 is 0 Å². The summed E-state index contributed by atoms with van der Waals surface area (Å²) in [6, 6.07) is 0. The lowest BCUT2D eigenvalue weighted by atomic mass is 10.1. The zero-order valence-electron chi connectivity index (χ0n) is 6.04. The van der Waals surface area contributed by atoms with E-state index in [0.717, 1.165) is 19.5 Å². The molecule has 0 aromatic rings. The molecule has 1 aliphatic rings. The number of amides is 1. The summed E-state index contributed by atoms with van der Waals surface area (Å²) < 4.78 is 2.16. The van der Waals surface area contributed by atoms with Crippen LogP contribution in [-0.4, -0.2) is 29.6 Å². The van der Waals surface area contributed by atoms with Crippen molar-refractivity contribution < 1.29 is 4.79 Å². The summed E-state index contributed by atoms with van der Waals surface area (Å²) in [6.45, 7) is 1.82. The summed E-state index contributed by atoms with van der Waals surface area (Å²) in [5.74, 6) is -0.0657. The second kappa shape index (κ2) is 3.25. The van der Waals surface area contributed by atoms with Crippen LogP contribution in [0.5, 0.6) is 0 Å². The van der Waals surface area contributed by atoms with E-state index in [9.17, 15) is 4.79 Å². The van der Waals surface area contributed by atoms with Crippen LogP contribution in [0, 0.1) is 5.92 Å². The lowest BCUT2D eigenvalue weighted by molar-refractivity contribution is -0.121. The van der Waals surface area contributed by atoms with E-state index in [0.29, 0.717) is 0 Å². The van der Waals surface area contributed by atoms with E-state index < -0.39 is 0 Å². The first-order valence-electron chi connectivity index (χ1n) is 3.32. The molecule has 0 aromatic carbocycles. The van der Waals surface area contributed by atoms with Gasteiger partial charge in [-0.3, -0.25) is 9.10 Å². The Morgan fingerprint density at radius 1 is 1.80 bits per heavy atom. The van der Waals surface area contributed by atoms with Gasteiger partial charge in [-0.15, -0.1) is 0 Å². The Labute approximate surface area is 65.1 Å². The van der Waals surface area contributed by atoms with Crippen molar-refractivity contribution in [1.82, 2.24) is 4.31 Å². The molecule has 2 N–H and O–H groups in total. The van der Waals surface area contributed by atoms with Gasteiger partial charge in [-0.2, -0.15) is 0 Å². The maximum Gasteiger partial charge on any atom is 0.221 e. The van der Waals surface area contributed by atoms with Gasteiger partial charge in [0.2, 0.25) is 5.91 Å². The summed E-state index contributed by atoms with van der Waals surface area (Å²) in [5.41, 5.74) is 5.14. The van der Waals surface area contributed by atoms with E-state index in [2.05, 4.69) is 4.31 Å². The highest BCUT2D eigenvalue weighted by Gasteiger charge is 2.25. The number of carbonyl (C=O) groups is 1. The van der Waals surface area contributed by atoms with Crippen LogP contribution in [0.15, 0.2) is 0 Å². The molecule has 0 spiro atoms. The smallest absolute Gasteiger partial charge is 0.221 e. The number of rotatable bonds is 2. The molecule has 1 aliphatic heterocycles. The van der Waals surface area contributed by atoms with Crippen molar-refractivity contribution >= 4 is 17.9 Å². The fraction of sp³-hybridized carbons (Fsp3) is 0.833. The minimum atomic E-state index is -0.156. The molecule has 1 rings (SSSR count). The van der Waals surface area contributed by atoms with Crippen LogP contribution in [-0.2, 0) is 4.79 Å². The van der Waals surface area contributed by atoms with Crippen molar-refractivity contribution in [2.45, 2.75) is 6.42 Å². The standard InChI is InChI=1S/C6H12N2OS/c1-10-8-3-2-5(4-8)6(7)9/h5H,2-4H2,1H3,(H2,7,9). The van der Waals surface area contributed by atoms with Gasteiger partial charge in [0.15, 0.2) is 0 Å². The van der Waals surface area contributed by atoms with Crippen molar-refractivity contribution in [3.8, 4) is 0 Å². The highest BCUT2D eigenvalue weighted by molar-refractivity contribution is 7.96. The van der Waals surface area contributed by atoms with E-state index in [4.69, 9.17) is 5.73 Å². The third-order valence-electron chi connectivity index (χ3n) is 1.81. The summed E-state index contributed by atoms with van der Waals surface area (Å²) in [5, 5.41) is 0. The predicted octanol–water partition coefficient (Wildman–Crippen LogP) is 0.0716. The molecule has 1 amide bonds. The molecular weight excluding hydrogens is 148 g/mol. The molecule has 58 valence electrons. The zero-order valence-corrected chi connectivity index (χ0v) is 6.86. The number of hydrogen-bond donors (Lipinski definition) is 1. The first-order chi connectivity index (χ1) is 4.74. The fourth-order valence-electron chi connectivity index (χ4n) is 1.13. The van der Waals surface area contributed by atoms with E-state index in [1.54, 1.807) is 11.9 Å². The molecule has 1 unspecified atom stereocenters. The lowest BCUT2D eigenvalue weighted by Gasteiger charge is -2.09. The molecule has 0 bridgehead atoms. The van der Waals surface area contributed by atoms with Crippen LogP contribution in [0.3, 0.4) is 0 Å². The summed E-state index contributed by atoms with van der Waals surface area (Å²) in [6.07, 6.45) is 2.94. The Morgan fingerprint density at radius 3 is 2.80 bits per heavy atom. The number of primary amides is 1. The quantitative estimate of drug-likeness (QED) is 0.581. The number of nitrogens with two attached hydrogens (primary N) is 1. The largest absolute Gasteiger partial charge is 0.369 e. The second-order valence-electron chi connectivity index (χ2n) is 2.46. The maximum absolute atomic E-state index is 10.6. The zero-order chi connectivity index (χ0) is 7.56. The Bertz CT molecular complexity index is 140. The first kappa shape index (κ1) is 7.88. The molecule has 1 atom stereocenters. The molecule has 4 heteroatoms. The maximum atomic E-state index is 10.6.